The number of ether oxygens (including phenoxy) is 3. The maximum Gasteiger partial charge on any atom is 0.358 e. The molecule has 5 rings (SSSR count). The van der Waals surface area contributed by atoms with E-state index in [1.807, 2.05) is 56.9 Å². The highest BCUT2D eigenvalue weighted by Gasteiger charge is 2.58. The molecule has 0 amide bonds. The summed E-state index contributed by atoms with van der Waals surface area (Å²) in [5.74, 6) is -0.425. The van der Waals surface area contributed by atoms with Crippen molar-refractivity contribution < 1.29 is 36.4 Å². The summed E-state index contributed by atoms with van der Waals surface area (Å²) in [4.78, 5) is 33.4. The Hall–Kier alpha value is -3.81. The number of esters is 2. The zero-order chi connectivity index (χ0) is 40.6. The summed E-state index contributed by atoms with van der Waals surface area (Å²) >= 11 is 0. The van der Waals surface area contributed by atoms with Gasteiger partial charge >= 0.3 is 11.9 Å². The number of nitrogens with one attached hydrogen (secondary N) is 2. The van der Waals surface area contributed by atoms with Crippen LogP contribution >= 0.6 is 0 Å². The van der Waals surface area contributed by atoms with Gasteiger partial charge in [-0.15, -0.1) is 0 Å². The quantitative estimate of drug-likeness (QED) is 0.0925. The molecular formula is C42H60N4O8S. The van der Waals surface area contributed by atoms with E-state index < -0.39 is 33.3 Å². The molecular weight excluding hydrogens is 721 g/mol. The molecule has 2 bridgehead atoms. The number of hydrogen-bond donors (Lipinski definition) is 2. The number of aromatic nitrogens is 1. The van der Waals surface area contributed by atoms with E-state index in [0.29, 0.717) is 48.6 Å². The van der Waals surface area contributed by atoms with Gasteiger partial charge in [-0.1, -0.05) is 39.8 Å². The normalized spacial score (nSPS) is 25.3. The Morgan fingerprint density at radius 1 is 0.982 bits per heavy atom. The average molecular weight is 781 g/mol. The van der Waals surface area contributed by atoms with Crippen molar-refractivity contribution in [2.75, 3.05) is 44.6 Å². The zero-order valence-electron chi connectivity index (χ0n) is 34.3. The Morgan fingerprint density at radius 3 is 2.36 bits per heavy atom. The number of carbonyl (C=O) groups excluding carboxylic acids is 2. The van der Waals surface area contributed by atoms with Gasteiger partial charge in [0, 0.05) is 42.7 Å². The molecule has 0 saturated heterocycles. The molecule has 12 nitrogen and oxygen atoms in total. The third kappa shape index (κ3) is 10.3. The molecule has 2 N–H and O–H groups in total. The van der Waals surface area contributed by atoms with Crippen molar-refractivity contribution in [1.82, 2.24) is 10.3 Å². The molecule has 302 valence electrons. The highest BCUT2D eigenvalue weighted by atomic mass is 32.2. The number of allylic oxidation sites excluding steroid dienone is 2. The summed E-state index contributed by atoms with van der Waals surface area (Å²) in [6.45, 7) is 18.3. The van der Waals surface area contributed by atoms with E-state index in [9.17, 15) is 18.0 Å². The molecule has 55 heavy (non-hydrogen) atoms. The van der Waals surface area contributed by atoms with Crippen LogP contribution in [0, 0.1) is 21.7 Å². The fraction of sp³-hybridized carbons (Fsp3) is 0.619. The van der Waals surface area contributed by atoms with Gasteiger partial charge in [-0.3, -0.25) is 4.18 Å². The molecule has 2 fully saturated rings. The summed E-state index contributed by atoms with van der Waals surface area (Å²) in [5.41, 5.74) is 2.94. The highest BCUT2D eigenvalue weighted by Crippen LogP contribution is 2.62. The van der Waals surface area contributed by atoms with Crippen LogP contribution in [0.3, 0.4) is 0 Å². The van der Waals surface area contributed by atoms with Crippen LogP contribution in [0.25, 0.3) is 5.57 Å². The lowest BCUT2D eigenvalue weighted by molar-refractivity contribution is -0.192. The van der Waals surface area contributed by atoms with Crippen LogP contribution in [-0.2, 0) is 41.5 Å². The Morgan fingerprint density at radius 2 is 1.71 bits per heavy atom. The summed E-state index contributed by atoms with van der Waals surface area (Å²) in [6.07, 6.45) is 7.52. The number of benzene rings is 1. The van der Waals surface area contributed by atoms with Crippen molar-refractivity contribution >= 4 is 39.7 Å². The van der Waals surface area contributed by atoms with Crippen molar-refractivity contribution in [2.24, 2.45) is 16.2 Å². The fourth-order valence-corrected chi connectivity index (χ4v) is 10.4. The van der Waals surface area contributed by atoms with E-state index >= 15 is 0 Å². The van der Waals surface area contributed by atoms with E-state index in [-0.39, 0.29) is 35.2 Å². The summed E-state index contributed by atoms with van der Waals surface area (Å²) in [6, 6.07) is 9.32. The molecule has 2 saturated carbocycles. The molecule has 1 aliphatic heterocycles. The lowest BCUT2D eigenvalue weighted by atomic mass is 9.48. The summed E-state index contributed by atoms with van der Waals surface area (Å²) in [5, 5.41) is 12.2. The van der Waals surface area contributed by atoms with Gasteiger partial charge in [0.2, 0.25) is 0 Å². The molecule has 0 spiro atoms. The first-order valence-corrected chi connectivity index (χ1v) is 20.9. The minimum Gasteiger partial charge on any atom is -0.465 e. The topological polar surface area (TPSA) is 157 Å². The molecule has 2 aliphatic carbocycles. The first kappa shape index (κ1) is 42.3. The first-order valence-electron chi connectivity index (χ1n) is 19.1. The number of rotatable bonds is 13. The van der Waals surface area contributed by atoms with Gasteiger partial charge in [-0.2, -0.15) is 8.42 Å². The lowest BCUT2D eigenvalue weighted by Crippen LogP contribution is -2.58. The summed E-state index contributed by atoms with van der Waals surface area (Å²) in [7, 11) is -2.20. The van der Waals surface area contributed by atoms with E-state index in [4.69, 9.17) is 28.8 Å². The Bertz CT molecular complexity index is 1950. The Kier molecular flexibility index (Phi) is 12.0. The van der Waals surface area contributed by atoms with Crippen molar-refractivity contribution in [2.45, 2.75) is 112 Å². The molecule has 3 aliphatic rings. The molecule has 3 atom stereocenters. The highest BCUT2D eigenvalue weighted by molar-refractivity contribution is 7.85. The molecule has 3 unspecified atom stereocenters. The van der Waals surface area contributed by atoms with Gasteiger partial charge in [-0.05, 0) is 112 Å². The lowest BCUT2D eigenvalue weighted by Gasteiger charge is -2.61. The van der Waals surface area contributed by atoms with Gasteiger partial charge in [0.05, 0.1) is 37.7 Å². The van der Waals surface area contributed by atoms with Gasteiger partial charge in [-0.25, -0.2) is 14.6 Å². The number of hydrogen-bond acceptors (Lipinski definition) is 12. The maximum absolute atomic E-state index is 13.9. The number of fused-ring (bicyclic) bond motifs is 3. The second-order valence-electron chi connectivity index (χ2n) is 18.4. The monoisotopic (exact) mass is 780 g/mol. The SMILES string of the molecule is COC(=O)c1cccc2c1CN(c1ccc(/C(C=N)=C(\C)NCC3(C)CC4(C)CC(C)(C)CC(OCCOS(C)(=O)=O)(C3)C4)c(C(=O)OC(C)(C)C)n1)CC2. The number of methoxy groups -OCH3 is 1. The number of carbonyl (C=O) groups is 2. The van der Waals surface area contributed by atoms with Gasteiger partial charge < -0.3 is 29.8 Å². The maximum atomic E-state index is 13.9. The third-order valence-electron chi connectivity index (χ3n) is 10.9. The molecule has 2 heterocycles. The van der Waals surface area contributed by atoms with Crippen molar-refractivity contribution in [3.63, 3.8) is 0 Å². The van der Waals surface area contributed by atoms with Crippen LogP contribution in [0.5, 0.6) is 0 Å². The Labute approximate surface area is 327 Å². The molecule has 2 aromatic rings. The molecule has 1 aromatic heterocycles. The largest absolute Gasteiger partial charge is 0.465 e. The zero-order valence-corrected chi connectivity index (χ0v) is 35.1. The van der Waals surface area contributed by atoms with Crippen LogP contribution in [-0.4, -0.2) is 82.4 Å². The van der Waals surface area contributed by atoms with Crippen LogP contribution in [0.15, 0.2) is 36.0 Å². The van der Waals surface area contributed by atoms with Crippen LogP contribution < -0.4 is 10.2 Å². The average Bonchev–Trinajstić information content (AvgIpc) is 3.06. The van der Waals surface area contributed by atoms with E-state index in [0.717, 1.165) is 55.2 Å². The number of pyridine rings is 1. The van der Waals surface area contributed by atoms with Crippen molar-refractivity contribution in [3.8, 4) is 0 Å². The van der Waals surface area contributed by atoms with E-state index in [2.05, 4.69) is 33.0 Å². The smallest absolute Gasteiger partial charge is 0.358 e. The van der Waals surface area contributed by atoms with Crippen LogP contribution in [0.4, 0.5) is 5.82 Å². The van der Waals surface area contributed by atoms with Gasteiger partial charge in [0.1, 0.15) is 11.4 Å². The molecule has 0 radical (unpaired) electrons. The number of nitrogens with zero attached hydrogens (tertiary/aromatic N) is 2. The molecule has 13 heteroatoms. The fourth-order valence-electron chi connectivity index (χ4n) is 10.1. The predicted octanol–water partition coefficient (Wildman–Crippen LogP) is 7.10. The van der Waals surface area contributed by atoms with E-state index in [1.54, 1.807) is 6.07 Å². The van der Waals surface area contributed by atoms with Crippen LogP contribution in [0.1, 0.15) is 125 Å². The van der Waals surface area contributed by atoms with Crippen molar-refractivity contribution in [1.29, 1.82) is 5.41 Å². The van der Waals surface area contributed by atoms with E-state index in [1.165, 1.54) is 13.3 Å². The standard InChI is InChI=1S/C42H60N4O8S/c1-28(44-27-41(8)24-40(7)22-39(5,6)23-42(25-40,26-41)52-18-19-53-55(10,49)50)32(20-43)30-14-15-34(45-35(30)37(48)54-38(2,3)4)46-17-16-29-12-11-13-31(33(29)21-46)36(47)51-9/h11-15,20,43-44H,16-19,21-27H2,1-10H3/b32-28+,43-20?. The van der Waals surface area contributed by atoms with Gasteiger partial charge in [0.15, 0.2) is 5.69 Å². The van der Waals surface area contributed by atoms with Gasteiger partial charge in [0.25, 0.3) is 10.1 Å². The Balaban J connectivity index is 1.44. The first-order chi connectivity index (χ1) is 25.5. The predicted molar refractivity (Wildman–Crippen MR) is 214 cm³/mol. The minimum absolute atomic E-state index is 0.00628. The number of anilines is 1. The van der Waals surface area contributed by atoms with Crippen molar-refractivity contribution in [3.05, 3.63) is 64.0 Å². The minimum atomic E-state index is -3.57. The molecule has 1 aromatic carbocycles. The van der Waals surface area contributed by atoms with Crippen LogP contribution in [0.2, 0.25) is 0 Å². The summed E-state index contributed by atoms with van der Waals surface area (Å²) < 4.78 is 45.8. The third-order valence-corrected chi connectivity index (χ3v) is 11.5. The second-order valence-corrected chi connectivity index (χ2v) is 20.1. The second kappa shape index (κ2) is 15.6.